The second-order valence-electron chi connectivity index (χ2n) is 8.66. The van der Waals surface area contributed by atoms with Crippen LogP contribution in [0.15, 0.2) is 67.2 Å². The smallest absolute Gasteiger partial charge is 0.494 e. The normalized spacial score (nSPS) is 12.2. The van der Waals surface area contributed by atoms with Gasteiger partial charge in [0.1, 0.15) is 13.0 Å². The molecule has 0 saturated carbocycles. The second-order valence-corrected chi connectivity index (χ2v) is 10.5. The maximum Gasteiger partial charge on any atom is 0.519 e. The molecule has 0 fully saturated rings. The molecule has 0 aliphatic rings. The van der Waals surface area contributed by atoms with Gasteiger partial charge in [-0.15, -0.1) is 0 Å². The van der Waals surface area contributed by atoms with Gasteiger partial charge in [-0.05, 0) is 42.0 Å². The Morgan fingerprint density at radius 1 is 1.12 bits per heavy atom. The summed E-state index contributed by atoms with van der Waals surface area (Å²) in [6.07, 6.45) is 1.47. The van der Waals surface area contributed by atoms with Crippen molar-refractivity contribution in [3.05, 3.63) is 91.9 Å². The number of nitrogens with zero attached hydrogens (tertiary/aromatic N) is 3. The molecule has 0 amide bonds. The third kappa shape index (κ3) is 7.04. The van der Waals surface area contributed by atoms with Gasteiger partial charge in [-0.2, -0.15) is 4.98 Å². The van der Waals surface area contributed by atoms with Crippen LogP contribution >= 0.6 is 20.0 Å². The first kappa shape index (κ1) is 29.4. The molecule has 1 atom stereocenters. The summed E-state index contributed by atoms with van der Waals surface area (Å²) in [6.45, 7) is 0.317. The van der Waals surface area contributed by atoms with E-state index in [9.17, 15) is 14.0 Å². The predicted octanol–water partition coefficient (Wildman–Crippen LogP) is 4.44. The number of H-pyrrole nitrogens is 1. The molecule has 0 radical (unpaired) electrons. The fraction of sp³-hybridized carbons (Fsp3) is 0.231. The van der Waals surface area contributed by atoms with Crippen LogP contribution in [-0.2, 0) is 33.5 Å². The minimum atomic E-state index is -1.74. The van der Waals surface area contributed by atoms with E-state index in [0.717, 1.165) is 0 Å². The maximum atomic E-state index is 14.2. The highest BCUT2D eigenvalue weighted by molar-refractivity contribution is 7.46. The third-order valence-corrected chi connectivity index (χ3v) is 7.33. The number of ether oxygens (including phenoxy) is 2. The molecule has 2 aromatic carbocycles. The van der Waals surface area contributed by atoms with Crippen LogP contribution in [0.4, 0.5) is 10.3 Å². The summed E-state index contributed by atoms with van der Waals surface area (Å²) in [6, 6.07) is 11.1. The Kier molecular flexibility index (Phi) is 9.30. The highest BCUT2D eigenvalue weighted by Crippen LogP contribution is 2.41. The molecule has 0 saturated heterocycles. The summed E-state index contributed by atoms with van der Waals surface area (Å²) in [5.74, 6) is -1.01. The van der Waals surface area contributed by atoms with E-state index in [2.05, 4.69) is 15.0 Å². The van der Waals surface area contributed by atoms with E-state index in [0.29, 0.717) is 28.3 Å². The number of fused-ring (bicyclic) bond motifs is 1. The molecule has 3 N–H and O–H groups in total. The van der Waals surface area contributed by atoms with Gasteiger partial charge in [0.25, 0.3) is 5.56 Å². The summed E-state index contributed by atoms with van der Waals surface area (Å²) in [5, 5.41) is 0.515. The summed E-state index contributed by atoms with van der Waals surface area (Å²) in [4.78, 5) is 34.5. The molecule has 3 aromatic heterocycles. The Bertz CT molecular complexity index is 1790. The van der Waals surface area contributed by atoms with Crippen LogP contribution in [0.3, 0.4) is 0 Å². The number of hydrogen-bond donors (Lipinski definition) is 2. The van der Waals surface area contributed by atoms with Gasteiger partial charge < -0.3 is 37.7 Å². The van der Waals surface area contributed by atoms with Crippen LogP contribution < -0.4 is 21.9 Å². The van der Waals surface area contributed by atoms with Crippen LogP contribution in [0.25, 0.3) is 22.5 Å². The van der Waals surface area contributed by atoms with Gasteiger partial charge in [-0.3, -0.25) is 9.78 Å². The van der Waals surface area contributed by atoms with Crippen LogP contribution in [0.1, 0.15) is 11.3 Å². The molecule has 0 aliphatic heterocycles. The van der Waals surface area contributed by atoms with Gasteiger partial charge in [0.05, 0.1) is 26.7 Å². The van der Waals surface area contributed by atoms with Crippen LogP contribution in [0.2, 0.25) is 5.02 Å². The third-order valence-electron chi connectivity index (χ3n) is 5.85. The first-order chi connectivity index (χ1) is 20.3. The molecule has 16 heteroatoms. The number of aromatic amines is 1. The van der Waals surface area contributed by atoms with Crippen molar-refractivity contribution in [3.63, 3.8) is 0 Å². The molecule has 0 aliphatic carbocycles. The lowest BCUT2D eigenvalue weighted by Gasteiger charge is -2.18. The van der Waals surface area contributed by atoms with Crippen LogP contribution in [0, 0.1) is 5.82 Å². The van der Waals surface area contributed by atoms with Crippen molar-refractivity contribution in [1.82, 2.24) is 19.5 Å². The van der Waals surface area contributed by atoms with Crippen molar-refractivity contribution in [2.45, 2.75) is 19.8 Å². The van der Waals surface area contributed by atoms with Crippen molar-refractivity contribution in [3.8, 4) is 17.1 Å². The van der Waals surface area contributed by atoms with Gasteiger partial charge in [-0.25, -0.2) is 14.2 Å². The molecule has 13 nitrogen and oxygen atoms in total. The number of aromatic nitrogens is 4. The van der Waals surface area contributed by atoms with Crippen molar-refractivity contribution < 1.29 is 31.7 Å². The molecular formula is C26H24ClFN5O8P. The molecule has 42 heavy (non-hydrogen) atoms. The SMILES string of the molecule is COc1ccc(COP(COCCn2cnc3c(=O)[nH]c(N)nc32)OCc2oc(=O)oc2-c2ccc(Cl)cc2)cc1F. The molecule has 0 spiro atoms. The fourth-order valence-corrected chi connectivity index (χ4v) is 5.03. The molecule has 5 rings (SSSR count). The average Bonchev–Trinajstić information content (AvgIpc) is 3.55. The Morgan fingerprint density at radius 3 is 2.67 bits per heavy atom. The number of anilines is 1. The zero-order valence-electron chi connectivity index (χ0n) is 22.0. The number of halogens is 2. The van der Waals surface area contributed by atoms with Crippen molar-refractivity contribution in [2.24, 2.45) is 0 Å². The summed E-state index contributed by atoms with van der Waals surface area (Å²) in [5.41, 5.74) is 6.79. The fourth-order valence-electron chi connectivity index (χ4n) is 3.85. The molecule has 0 bridgehead atoms. The number of nitrogens with two attached hydrogens (primary N) is 1. The monoisotopic (exact) mass is 619 g/mol. The Balaban J connectivity index is 1.26. The summed E-state index contributed by atoms with van der Waals surface area (Å²) >= 11 is 5.97. The van der Waals surface area contributed by atoms with E-state index in [1.807, 2.05) is 0 Å². The molecule has 3 heterocycles. The minimum Gasteiger partial charge on any atom is -0.494 e. The van der Waals surface area contributed by atoms with Crippen LogP contribution in [0.5, 0.6) is 5.75 Å². The number of imidazole rings is 1. The number of nitrogens with one attached hydrogen (secondary N) is 1. The first-order valence-electron chi connectivity index (χ1n) is 12.3. The first-order valence-corrected chi connectivity index (χ1v) is 14.1. The van der Waals surface area contributed by atoms with Gasteiger partial charge in [0.2, 0.25) is 5.95 Å². The quantitative estimate of drug-likeness (QED) is 0.141. The molecule has 1 unspecified atom stereocenters. The molecular weight excluding hydrogens is 596 g/mol. The van der Waals surface area contributed by atoms with Gasteiger partial charge in [0.15, 0.2) is 42.6 Å². The maximum absolute atomic E-state index is 14.2. The predicted molar refractivity (Wildman–Crippen MR) is 151 cm³/mol. The number of methoxy groups -OCH3 is 1. The minimum absolute atomic E-state index is 0.00743. The van der Waals surface area contributed by atoms with Crippen LogP contribution in [-0.4, -0.2) is 39.6 Å². The lowest BCUT2D eigenvalue weighted by molar-refractivity contribution is 0.136. The Labute approximate surface area is 242 Å². The largest absolute Gasteiger partial charge is 0.519 e. The van der Waals surface area contributed by atoms with E-state index in [-0.39, 0.29) is 54.9 Å². The highest BCUT2D eigenvalue weighted by Gasteiger charge is 2.20. The molecule has 220 valence electrons. The standard InChI is InChI=1S/C26H24ClFN5O8P/c1-36-19-7-2-15(10-18(19)28)11-38-42(14-37-9-8-33-13-30-21-23(33)31-25(29)32-24(21)34)39-12-20-22(41-26(35)40-20)16-3-5-17(27)6-4-16/h2-7,10,13H,8-9,11-12,14H2,1H3,(H3,29,31,32,34). The Morgan fingerprint density at radius 2 is 1.90 bits per heavy atom. The van der Waals surface area contributed by atoms with Gasteiger partial charge in [-0.1, -0.05) is 17.7 Å². The summed E-state index contributed by atoms with van der Waals surface area (Å²) in [7, 11) is -0.360. The number of hydrogen-bond acceptors (Lipinski definition) is 11. The topological polar surface area (TPSA) is 170 Å². The Hall–Kier alpha value is -4.07. The average molecular weight is 620 g/mol. The number of benzene rings is 2. The lowest BCUT2D eigenvalue weighted by atomic mass is 10.1. The number of rotatable bonds is 13. The van der Waals surface area contributed by atoms with E-state index < -0.39 is 25.6 Å². The van der Waals surface area contributed by atoms with E-state index in [1.165, 1.54) is 25.6 Å². The summed E-state index contributed by atoms with van der Waals surface area (Å²) < 4.78 is 48.9. The number of nitrogen functional groups attached to an aromatic ring is 1. The van der Waals surface area contributed by atoms with Crippen molar-refractivity contribution in [2.75, 3.05) is 25.8 Å². The lowest BCUT2D eigenvalue weighted by Crippen LogP contribution is -2.13. The zero-order chi connectivity index (χ0) is 29.6. The van der Waals surface area contributed by atoms with Gasteiger partial charge >= 0.3 is 5.82 Å². The van der Waals surface area contributed by atoms with E-state index >= 15 is 0 Å². The van der Waals surface area contributed by atoms with Crippen molar-refractivity contribution >= 4 is 37.1 Å². The van der Waals surface area contributed by atoms with E-state index in [1.54, 1.807) is 34.9 Å². The van der Waals surface area contributed by atoms with Gasteiger partial charge in [0, 0.05) is 17.1 Å². The van der Waals surface area contributed by atoms with Crippen molar-refractivity contribution in [1.29, 1.82) is 0 Å². The molecule has 5 aromatic rings. The van der Waals surface area contributed by atoms with E-state index in [4.69, 9.17) is 44.7 Å². The zero-order valence-corrected chi connectivity index (χ0v) is 23.7. The highest BCUT2D eigenvalue weighted by atomic mass is 35.5. The second kappa shape index (κ2) is 13.3.